The van der Waals surface area contributed by atoms with E-state index in [1.54, 1.807) is 12.4 Å². The molecule has 2 aromatic rings. The molecule has 0 aliphatic heterocycles. The molecule has 0 spiro atoms. The maximum atomic E-state index is 12.4. The highest BCUT2D eigenvalue weighted by molar-refractivity contribution is 5.16. The zero-order valence-electron chi connectivity index (χ0n) is 10.8. The highest BCUT2D eigenvalue weighted by Crippen LogP contribution is 2.27. The van der Waals surface area contributed by atoms with Crippen LogP contribution in [0.25, 0.3) is 5.95 Å². The zero-order valence-corrected chi connectivity index (χ0v) is 10.8. The van der Waals surface area contributed by atoms with E-state index in [-0.39, 0.29) is 12.0 Å². The number of hydrogen-bond donors (Lipinski definition) is 1. The second-order valence-electron chi connectivity index (χ2n) is 4.41. The van der Waals surface area contributed by atoms with Gasteiger partial charge in [0.05, 0.1) is 0 Å². The van der Waals surface area contributed by atoms with E-state index in [0.717, 1.165) is 22.7 Å². The Hall–Kier alpha value is -1.96. The fourth-order valence-electron chi connectivity index (χ4n) is 1.61. The van der Waals surface area contributed by atoms with Gasteiger partial charge in [0.2, 0.25) is 5.95 Å². The van der Waals surface area contributed by atoms with E-state index >= 15 is 0 Å². The number of halogens is 3. The molecule has 0 radical (unpaired) electrons. The molecule has 2 N–H and O–H groups in total. The summed E-state index contributed by atoms with van der Waals surface area (Å²) in [7, 11) is 0. The number of nitrogens with zero attached hydrogens (tertiary/aromatic N) is 4. The van der Waals surface area contributed by atoms with Crippen molar-refractivity contribution in [3.8, 4) is 5.95 Å². The smallest absolute Gasteiger partial charge is 0.327 e. The molecule has 0 amide bonds. The average Bonchev–Trinajstić information content (AvgIpc) is 2.89. The van der Waals surface area contributed by atoms with Crippen LogP contribution in [-0.4, -0.2) is 25.8 Å². The monoisotopic (exact) mass is 285 g/mol. The predicted molar refractivity (Wildman–Crippen MR) is 66.1 cm³/mol. The lowest BCUT2D eigenvalue weighted by molar-refractivity contribution is -0.141. The van der Waals surface area contributed by atoms with Gasteiger partial charge in [-0.2, -0.15) is 18.3 Å². The van der Waals surface area contributed by atoms with Crippen molar-refractivity contribution in [1.82, 2.24) is 19.7 Å². The molecular formula is C12H14F3N5. The van der Waals surface area contributed by atoms with Crippen LogP contribution in [0.3, 0.4) is 0 Å². The Bertz CT molecular complexity index is 561. The van der Waals surface area contributed by atoms with Gasteiger partial charge in [-0.3, -0.25) is 0 Å². The van der Waals surface area contributed by atoms with E-state index in [9.17, 15) is 13.2 Å². The first kappa shape index (κ1) is 14.4. The van der Waals surface area contributed by atoms with E-state index in [2.05, 4.69) is 15.1 Å². The first-order chi connectivity index (χ1) is 9.40. The van der Waals surface area contributed by atoms with Crippen LogP contribution in [0.2, 0.25) is 0 Å². The standard InChI is InChI=1S/C12H14F3N5/c1-2-9(16)5-8-6-17-11(18-7-8)20-4-3-10(19-20)12(13,14)15/h3-4,6-7,9H,2,5,16H2,1H3. The Morgan fingerprint density at radius 3 is 2.45 bits per heavy atom. The summed E-state index contributed by atoms with van der Waals surface area (Å²) in [6.07, 6.45) is 1.26. The van der Waals surface area contributed by atoms with Crippen LogP contribution < -0.4 is 5.73 Å². The van der Waals surface area contributed by atoms with Crippen molar-refractivity contribution in [2.75, 3.05) is 0 Å². The summed E-state index contributed by atoms with van der Waals surface area (Å²) in [6.45, 7) is 1.97. The molecule has 0 saturated heterocycles. The minimum absolute atomic E-state index is 0.0194. The van der Waals surface area contributed by atoms with Crippen LogP contribution >= 0.6 is 0 Å². The molecule has 0 aliphatic rings. The third-order valence-corrected chi connectivity index (χ3v) is 2.80. The highest BCUT2D eigenvalue weighted by Gasteiger charge is 2.33. The number of aromatic nitrogens is 4. The molecule has 20 heavy (non-hydrogen) atoms. The van der Waals surface area contributed by atoms with Crippen molar-refractivity contribution < 1.29 is 13.2 Å². The molecule has 108 valence electrons. The van der Waals surface area contributed by atoms with Crippen LogP contribution in [-0.2, 0) is 12.6 Å². The molecule has 0 saturated carbocycles. The molecule has 0 aliphatic carbocycles. The second-order valence-corrected chi connectivity index (χ2v) is 4.41. The molecule has 0 fully saturated rings. The van der Waals surface area contributed by atoms with Gasteiger partial charge in [-0.05, 0) is 24.5 Å². The molecule has 2 rings (SSSR count). The van der Waals surface area contributed by atoms with Crippen molar-refractivity contribution in [1.29, 1.82) is 0 Å². The maximum absolute atomic E-state index is 12.4. The SMILES string of the molecule is CCC(N)Cc1cnc(-n2ccc(C(F)(F)F)n2)nc1. The molecule has 0 bridgehead atoms. The molecule has 8 heteroatoms. The van der Waals surface area contributed by atoms with Crippen molar-refractivity contribution in [3.63, 3.8) is 0 Å². The largest absolute Gasteiger partial charge is 0.435 e. The van der Waals surface area contributed by atoms with Gasteiger partial charge in [0.25, 0.3) is 0 Å². The lowest BCUT2D eigenvalue weighted by Gasteiger charge is -2.08. The molecule has 1 atom stereocenters. The number of hydrogen-bond acceptors (Lipinski definition) is 4. The van der Waals surface area contributed by atoms with E-state index in [1.807, 2.05) is 6.92 Å². The molecule has 1 unspecified atom stereocenters. The van der Waals surface area contributed by atoms with E-state index in [0.29, 0.717) is 6.42 Å². The number of rotatable bonds is 4. The zero-order chi connectivity index (χ0) is 14.8. The van der Waals surface area contributed by atoms with Crippen LogP contribution in [0, 0.1) is 0 Å². The molecule has 2 aromatic heterocycles. The highest BCUT2D eigenvalue weighted by atomic mass is 19.4. The minimum atomic E-state index is -4.47. The summed E-state index contributed by atoms with van der Waals surface area (Å²) in [4.78, 5) is 8.00. The summed E-state index contributed by atoms with van der Waals surface area (Å²) in [5.41, 5.74) is 5.67. The summed E-state index contributed by atoms with van der Waals surface area (Å²) < 4.78 is 38.3. The topological polar surface area (TPSA) is 69.6 Å². The summed E-state index contributed by atoms with van der Waals surface area (Å²) >= 11 is 0. The lowest BCUT2D eigenvalue weighted by Crippen LogP contribution is -2.21. The molecule has 5 nitrogen and oxygen atoms in total. The van der Waals surface area contributed by atoms with Crippen LogP contribution in [0.1, 0.15) is 24.6 Å². The Balaban J connectivity index is 2.16. The van der Waals surface area contributed by atoms with Gasteiger partial charge in [0.1, 0.15) is 0 Å². The lowest BCUT2D eigenvalue weighted by atomic mass is 10.1. The van der Waals surface area contributed by atoms with Gasteiger partial charge in [-0.15, -0.1) is 0 Å². The molecular weight excluding hydrogens is 271 g/mol. The molecule has 0 aromatic carbocycles. The normalized spacial score (nSPS) is 13.4. The van der Waals surface area contributed by atoms with Crippen LogP contribution in [0.5, 0.6) is 0 Å². The van der Waals surface area contributed by atoms with E-state index in [4.69, 9.17) is 5.73 Å². The van der Waals surface area contributed by atoms with Crippen LogP contribution in [0.4, 0.5) is 13.2 Å². The van der Waals surface area contributed by atoms with E-state index < -0.39 is 11.9 Å². The number of alkyl halides is 3. The van der Waals surface area contributed by atoms with Gasteiger partial charge in [0.15, 0.2) is 5.69 Å². The minimum Gasteiger partial charge on any atom is -0.327 e. The first-order valence-corrected chi connectivity index (χ1v) is 6.10. The maximum Gasteiger partial charge on any atom is 0.435 e. The van der Waals surface area contributed by atoms with Gasteiger partial charge in [-0.25, -0.2) is 14.6 Å². The average molecular weight is 285 g/mol. The summed E-state index contributed by atoms with van der Waals surface area (Å²) in [5, 5.41) is 3.40. The van der Waals surface area contributed by atoms with E-state index in [1.165, 1.54) is 6.20 Å². The van der Waals surface area contributed by atoms with Gasteiger partial charge in [0, 0.05) is 24.6 Å². The van der Waals surface area contributed by atoms with Gasteiger partial charge < -0.3 is 5.73 Å². The quantitative estimate of drug-likeness (QED) is 0.932. The molecule has 2 heterocycles. The number of nitrogens with two attached hydrogens (primary N) is 1. The summed E-state index contributed by atoms with van der Waals surface area (Å²) in [5.74, 6) is 0.0920. The second kappa shape index (κ2) is 5.58. The Labute approximate surface area is 113 Å². The van der Waals surface area contributed by atoms with Gasteiger partial charge >= 0.3 is 6.18 Å². The van der Waals surface area contributed by atoms with Crippen molar-refractivity contribution in [2.45, 2.75) is 32.0 Å². The first-order valence-electron chi connectivity index (χ1n) is 6.10. The third kappa shape index (κ3) is 3.32. The fourth-order valence-corrected chi connectivity index (χ4v) is 1.61. The van der Waals surface area contributed by atoms with Gasteiger partial charge in [-0.1, -0.05) is 6.92 Å². The Morgan fingerprint density at radius 2 is 1.95 bits per heavy atom. The Morgan fingerprint density at radius 1 is 1.30 bits per heavy atom. The van der Waals surface area contributed by atoms with Crippen molar-refractivity contribution in [2.24, 2.45) is 5.73 Å². The Kier molecular flexibility index (Phi) is 4.03. The van der Waals surface area contributed by atoms with Crippen LogP contribution in [0.15, 0.2) is 24.7 Å². The summed E-state index contributed by atoms with van der Waals surface area (Å²) in [6, 6.07) is 0.899. The van der Waals surface area contributed by atoms with Crippen molar-refractivity contribution >= 4 is 0 Å². The predicted octanol–water partition coefficient (Wildman–Crippen LogP) is 1.96. The third-order valence-electron chi connectivity index (χ3n) is 2.80. The fraction of sp³-hybridized carbons (Fsp3) is 0.417. The van der Waals surface area contributed by atoms with Crippen molar-refractivity contribution in [3.05, 3.63) is 35.9 Å².